The number of rotatable bonds is 8. The molecule has 0 saturated heterocycles. The van der Waals surface area contributed by atoms with Gasteiger partial charge in [0.05, 0.1) is 7.11 Å². The van der Waals surface area contributed by atoms with Crippen molar-refractivity contribution in [3.05, 3.63) is 30.2 Å². The van der Waals surface area contributed by atoms with Crippen molar-refractivity contribution < 1.29 is 14.1 Å². The van der Waals surface area contributed by atoms with Crippen LogP contribution in [0.5, 0.6) is 5.75 Å². The van der Waals surface area contributed by atoms with Crippen molar-refractivity contribution >= 4 is 5.91 Å². The van der Waals surface area contributed by atoms with Crippen molar-refractivity contribution in [3.8, 4) is 17.1 Å². The van der Waals surface area contributed by atoms with Gasteiger partial charge < -0.3 is 14.6 Å². The summed E-state index contributed by atoms with van der Waals surface area (Å²) >= 11 is 0. The molecule has 1 atom stereocenters. The molecule has 0 spiro atoms. The summed E-state index contributed by atoms with van der Waals surface area (Å²) in [5.74, 6) is 1.77. The topological polar surface area (TPSA) is 77.2 Å². The van der Waals surface area contributed by atoms with E-state index in [1.165, 1.54) is 0 Å². The number of aryl methyl sites for hydroxylation is 1. The third kappa shape index (κ3) is 5.09. The lowest BCUT2D eigenvalue weighted by molar-refractivity contribution is -0.121. The molecule has 1 amide bonds. The zero-order valence-electron chi connectivity index (χ0n) is 13.8. The van der Waals surface area contributed by atoms with Crippen molar-refractivity contribution in [3.63, 3.8) is 0 Å². The highest BCUT2D eigenvalue weighted by atomic mass is 16.5. The van der Waals surface area contributed by atoms with E-state index >= 15 is 0 Å². The molecule has 2 rings (SSSR count). The first-order valence-electron chi connectivity index (χ1n) is 7.88. The van der Waals surface area contributed by atoms with Gasteiger partial charge in [-0.05, 0) is 37.6 Å². The summed E-state index contributed by atoms with van der Waals surface area (Å²) in [5.41, 5.74) is 0.849. The highest BCUT2D eigenvalue weighted by Gasteiger charge is 2.12. The highest BCUT2D eigenvalue weighted by Crippen LogP contribution is 2.19. The van der Waals surface area contributed by atoms with Gasteiger partial charge in [-0.15, -0.1) is 0 Å². The first kappa shape index (κ1) is 17.0. The number of nitrogens with one attached hydrogen (secondary N) is 1. The molecule has 0 fully saturated rings. The van der Waals surface area contributed by atoms with E-state index in [1.807, 2.05) is 31.2 Å². The Labute approximate surface area is 136 Å². The molecular weight excluding hydrogens is 294 g/mol. The van der Waals surface area contributed by atoms with Gasteiger partial charge in [-0.1, -0.05) is 18.5 Å². The van der Waals surface area contributed by atoms with Gasteiger partial charge in [0.25, 0.3) is 0 Å². The summed E-state index contributed by atoms with van der Waals surface area (Å²) in [4.78, 5) is 16.2. The molecule has 1 N–H and O–H groups in total. The van der Waals surface area contributed by atoms with Crippen LogP contribution in [0.2, 0.25) is 0 Å². The summed E-state index contributed by atoms with van der Waals surface area (Å²) < 4.78 is 10.3. The van der Waals surface area contributed by atoms with Crippen LogP contribution in [0.15, 0.2) is 28.8 Å². The second-order valence-electron chi connectivity index (χ2n) is 5.50. The molecule has 1 heterocycles. The monoisotopic (exact) mass is 317 g/mol. The molecule has 1 aromatic heterocycles. The molecule has 0 bridgehead atoms. The second-order valence-corrected chi connectivity index (χ2v) is 5.50. The molecule has 0 radical (unpaired) electrons. The summed E-state index contributed by atoms with van der Waals surface area (Å²) in [6.45, 7) is 4.11. The van der Waals surface area contributed by atoms with E-state index in [0.29, 0.717) is 24.6 Å². The number of aromatic nitrogens is 2. The first-order chi connectivity index (χ1) is 11.1. The van der Waals surface area contributed by atoms with Gasteiger partial charge in [0.15, 0.2) is 0 Å². The maximum Gasteiger partial charge on any atom is 0.227 e. The van der Waals surface area contributed by atoms with E-state index in [1.54, 1.807) is 7.11 Å². The minimum absolute atomic E-state index is 0.00940. The van der Waals surface area contributed by atoms with Gasteiger partial charge in [0, 0.05) is 24.4 Å². The lowest BCUT2D eigenvalue weighted by Gasteiger charge is -2.11. The molecule has 23 heavy (non-hydrogen) atoms. The summed E-state index contributed by atoms with van der Waals surface area (Å²) in [7, 11) is 1.62. The van der Waals surface area contributed by atoms with Crippen molar-refractivity contribution in [2.45, 2.75) is 45.6 Å². The lowest BCUT2D eigenvalue weighted by Crippen LogP contribution is -2.32. The van der Waals surface area contributed by atoms with E-state index in [-0.39, 0.29) is 11.9 Å². The number of amides is 1. The number of carbonyl (C=O) groups is 1. The quantitative estimate of drug-likeness (QED) is 0.810. The van der Waals surface area contributed by atoms with Gasteiger partial charge in [0.2, 0.25) is 17.6 Å². The van der Waals surface area contributed by atoms with E-state index in [4.69, 9.17) is 9.26 Å². The van der Waals surface area contributed by atoms with E-state index in [9.17, 15) is 4.79 Å². The number of hydrogen-bond donors (Lipinski definition) is 1. The van der Waals surface area contributed by atoms with Crippen molar-refractivity contribution in [1.29, 1.82) is 0 Å². The fraction of sp³-hybridized carbons (Fsp3) is 0.471. The van der Waals surface area contributed by atoms with Crippen LogP contribution >= 0.6 is 0 Å². The number of benzene rings is 1. The fourth-order valence-corrected chi connectivity index (χ4v) is 2.29. The normalized spacial score (nSPS) is 12.0. The zero-order chi connectivity index (χ0) is 16.7. The number of methoxy groups -OCH3 is 1. The highest BCUT2D eigenvalue weighted by molar-refractivity contribution is 5.76. The van der Waals surface area contributed by atoms with Crippen molar-refractivity contribution in [2.24, 2.45) is 0 Å². The molecule has 2 aromatic rings. The first-order valence-corrected chi connectivity index (χ1v) is 7.88. The van der Waals surface area contributed by atoms with Crippen molar-refractivity contribution in [1.82, 2.24) is 15.5 Å². The molecule has 0 saturated carbocycles. The minimum atomic E-state index is 0.00940. The predicted octanol–water partition coefficient (Wildman–Crippen LogP) is 2.98. The Kier molecular flexibility index (Phi) is 6.14. The third-order valence-electron chi connectivity index (χ3n) is 3.51. The molecule has 0 aliphatic carbocycles. The van der Waals surface area contributed by atoms with Crippen molar-refractivity contribution in [2.75, 3.05) is 7.11 Å². The maximum atomic E-state index is 11.8. The van der Waals surface area contributed by atoms with Gasteiger partial charge >= 0.3 is 0 Å². The maximum absolute atomic E-state index is 11.8. The zero-order valence-corrected chi connectivity index (χ0v) is 13.8. The Hall–Kier alpha value is -2.37. The van der Waals surface area contributed by atoms with Crippen LogP contribution in [0.1, 0.15) is 39.0 Å². The summed E-state index contributed by atoms with van der Waals surface area (Å²) in [5, 5.41) is 6.91. The Morgan fingerprint density at radius 2 is 2.09 bits per heavy atom. The third-order valence-corrected chi connectivity index (χ3v) is 3.51. The number of hydrogen-bond acceptors (Lipinski definition) is 5. The minimum Gasteiger partial charge on any atom is -0.497 e. The van der Waals surface area contributed by atoms with Gasteiger partial charge in [0.1, 0.15) is 5.75 Å². The molecule has 124 valence electrons. The van der Waals surface area contributed by atoms with Crippen LogP contribution in [0, 0.1) is 0 Å². The standard InChI is InChI=1S/C17H23N3O3/c1-4-5-12(2)18-15(21)10-11-16-19-17(20-23-16)13-6-8-14(22-3)9-7-13/h6-9,12H,4-5,10-11H2,1-3H3,(H,18,21)/t12-/m1/s1. The Balaban J connectivity index is 1.88. The average Bonchev–Trinajstić information content (AvgIpc) is 3.02. The Morgan fingerprint density at radius 3 is 2.74 bits per heavy atom. The van der Waals surface area contributed by atoms with Crippen LogP contribution < -0.4 is 10.1 Å². The van der Waals surface area contributed by atoms with Crippen LogP contribution in [0.3, 0.4) is 0 Å². The Morgan fingerprint density at radius 1 is 1.35 bits per heavy atom. The molecule has 1 aromatic carbocycles. The largest absolute Gasteiger partial charge is 0.497 e. The molecule has 6 nitrogen and oxygen atoms in total. The lowest BCUT2D eigenvalue weighted by atomic mass is 10.2. The second kappa shape index (κ2) is 8.31. The van der Waals surface area contributed by atoms with Crippen LogP contribution in [0.4, 0.5) is 0 Å². The molecule has 0 aliphatic heterocycles. The summed E-state index contributed by atoms with van der Waals surface area (Å²) in [6.07, 6.45) is 2.82. The van der Waals surface area contributed by atoms with Crippen LogP contribution in [-0.2, 0) is 11.2 Å². The van der Waals surface area contributed by atoms with Gasteiger partial charge in [-0.3, -0.25) is 4.79 Å². The molecule has 6 heteroatoms. The van der Waals surface area contributed by atoms with E-state index < -0.39 is 0 Å². The molecule has 0 unspecified atom stereocenters. The number of carbonyl (C=O) groups excluding carboxylic acids is 1. The van der Waals surface area contributed by atoms with E-state index in [0.717, 1.165) is 24.2 Å². The molecule has 0 aliphatic rings. The number of nitrogens with zero attached hydrogens (tertiary/aromatic N) is 2. The number of ether oxygens (including phenoxy) is 1. The van der Waals surface area contributed by atoms with E-state index in [2.05, 4.69) is 22.4 Å². The van der Waals surface area contributed by atoms with Crippen LogP contribution in [-0.4, -0.2) is 29.2 Å². The summed E-state index contributed by atoms with van der Waals surface area (Å²) in [6, 6.07) is 7.62. The fourth-order valence-electron chi connectivity index (χ4n) is 2.29. The van der Waals surface area contributed by atoms with Gasteiger partial charge in [-0.2, -0.15) is 4.98 Å². The smallest absolute Gasteiger partial charge is 0.227 e. The SMILES string of the molecule is CCC[C@@H](C)NC(=O)CCc1nc(-c2ccc(OC)cc2)no1. The molecular formula is C17H23N3O3. The predicted molar refractivity (Wildman–Crippen MR) is 87.1 cm³/mol. The van der Waals surface area contributed by atoms with Gasteiger partial charge in [-0.25, -0.2) is 0 Å². The average molecular weight is 317 g/mol. The van der Waals surface area contributed by atoms with Crippen LogP contribution in [0.25, 0.3) is 11.4 Å². The Bertz CT molecular complexity index is 622.